The van der Waals surface area contributed by atoms with Crippen LogP contribution in [0.2, 0.25) is 0 Å². The normalized spacial score (nSPS) is 23.0. The number of Topliss-reactive ketones (excluding diaryl/α,β-unsaturated/α-hetero) is 1. The van der Waals surface area contributed by atoms with E-state index < -0.39 is 285 Å². The van der Waals surface area contributed by atoms with Crippen LogP contribution >= 0.6 is 0 Å². The zero-order chi connectivity index (χ0) is 90.8. The summed E-state index contributed by atoms with van der Waals surface area (Å²) in [5, 5.41) is 93.3. The second kappa shape index (κ2) is 48.4. The first-order chi connectivity index (χ1) is 56.9. The minimum atomic E-state index is -2.48. The van der Waals surface area contributed by atoms with E-state index in [9.17, 15) is 122 Å². The van der Waals surface area contributed by atoms with Crippen molar-refractivity contribution in [1.29, 1.82) is 0 Å². The van der Waals surface area contributed by atoms with E-state index in [4.69, 9.17) is 21.9 Å². The van der Waals surface area contributed by atoms with Crippen molar-refractivity contribution in [3.8, 4) is 0 Å². The number of allylic oxidation sites excluding steroid dienone is 1. The van der Waals surface area contributed by atoms with Crippen molar-refractivity contribution in [3.63, 3.8) is 0 Å². The first kappa shape index (κ1) is 101. The number of unbranched alkanes of at least 4 members (excludes halogenated alkanes) is 6. The van der Waals surface area contributed by atoms with Crippen LogP contribution in [0, 0.1) is 11.3 Å². The molecule has 44 nitrogen and oxygen atoms in total. The summed E-state index contributed by atoms with van der Waals surface area (Å²) in [6.07, 6.45) is -4.67. The van der Waals surface area contributed by atoms with Gasteiger partial charge in [-0.3, -0.25) is 91.1 Å². The number of benzene rings is 2. The lowest BCUT2D eigenvalue weighted by Gasteiger charge is -2.46. The quantitative estimate of drug-likeness (QED) is 0.00990. The van der Waals surface area contributed by atoms with Gasteiger partial charge in [0.15, 0.2) is 5.78 Å². The van der Waals surface area contributed by atoms with Crippen molar-refractivity contribution in [3.05, 3.63) is 72.3 Å². The Hall–Kier alpha value is -12.7. The lowest BCUT2D eigenvalue weighted by Crippen LogP contribution is -2.62. The zero-order valence-electron chi connectivity index (χ0n) is 67.8. The first-order valence-corrected chi connectivity index (χ1v) is 39.0. The van der Waals surface area contributed by atoms with Gasteiger partial charge >= 0.3 is 29.8 Å². The number of cyclic esters (lactones) is 1. The highest BCUT2D eigenvalue weighted by Gasteiger charge is 2.57. The molecule has 0 radical (unpaired) electrons. The third-order valence-electron chi connectivity index (χ3n) is 20.1. The predicted molar refractivity (Wildman–Crippen MR) is 425 cm³/mol. The SMILES string of the molecule is C=CC(C)(C)C1(C[C@H](NC(=O)CCCCCCCCC)C(=O)N[C@H](CC(N)=O)C(=O)N[C@@H](CC(=O)O)C(=O)N[C@@H]2C(=O)NCC(=O)N[C@@H](CCCN)C(=O)N[C@@H](CC(=O)O)C(=O)N[C@H](C)C(=O)N[C@@H](CC(=O)O)C(=O)NCC(=O)N[C@H](CO)C(=O)N[C@@H]([C@H](C)CC(=O)O)C(=O)N[C@@H](CC(=O)c3ccccc3N)C(=O)O[C@@H]2C)c2ccccc2NC1O. The summed E-state index contributed by atoms with van der Waals surface area (Å²) in [6, 6.07) is -11.3. The molecule has 0 aliphatic carbocycles. The van der Waals surface area contributed by atoms with Gasteiger partial charge in [-0.25, -0.2) is 4.79 Å². The van der Waals surface area contributed by atoms with E-state index in [0.717, 1.165) is 52.9 Å². The van der Waals surface area contributed by atoms with Crippen LogP contribution in [0.1, 0.15) is 167 Å². The molecule has 44 heteroatoms. The number of esters is 1. The number of carboxylic acid groups (broad SMARTS) is 4. The lowest BCUT2D eigenvalue weighted by atomic mass is 9.59. The number of primary amides is 1. The average molecular weight is 1710 g/mol. The van der Waals surface area contributed by atoms with Crippen molar-refractivity contribution in [2.75, 3.05) is 37.3 Å². The number of carboxylic acids is 4. The van der Waals surface area contributed by atoms with E-state index >= 15 is 4.79 Å². The van der Waals surface area contributed by atoms with E-state index in [-0.39, 0.29) is 30.6 Å². The van der Waals surface area contributed by atoms with E-state index in [0.29, 0.717) is 24.1 Å². The molecule has 14 amide bonds. The number of aliphatic hydroxyl groups excluding tert-OH is 2. The Morgan fingerprint density at radius 2 is 1.12 bits per heavy atom. The molecule has 0 aromatic heterocycles. The maximum Gasteiger partial charge on any atom is 0.329 e. The van der Waals surface area contributed by atoms with Gasteiger partial charge in [-0.2, -0.15) is 0 Å². The average Bonchev–Trinajstić information content (AvgIpc) is 1.57. The second-order valence-electron chi connectivity index (χ2n) is 29.9. The molecule has 4 rings (SSSR count). The molecule has 2 heterocycles. The topological polar surface area (TPSA) is 718 Å². The van der Waals surface area contributed by atoms with Crippen molar-refractivity contribution in [2.24, 2.45) is 22.8 Å². The predicted octanol–water partition coefficient (Wildman–Crippen LogP) is -5.06. The fourth-order valence-electron chi connectivity index (χ4n) is 13.3. The van der Waals surface area contributed by atoms with Crippen molar-refractivity contribution in [1.82, 2.24) is 69.1 Å². The van der Waals surface area contributed by atoms with Crippen LogP contribution < -0.4 is 91.6 Å². The number of anilines is 2. The minimum absolute atomic E-state index is 0.101. The molecule has 26 N–H and O–H groups in total. The van der Waals surface area contributed by atoms with E-state index in [1.165, 1.54) is 30.3 Å². The molecule has 2 unspecified atom stereocenters. The highest BCUT2D eigenvalue weighted by Crippen LogP contribution is 2.54. The molecule has 15 atom stereocenters. The summed E-state index contributed by atoms with van der Waals surface area (Å²) in [6.45, 7) is 8.45. The second-order valence-corrected chi connectivity index (χ2v) is 29.9. The van der Waals surface area contributed by atoms with E-state index in [1.54, 1.807) is 38.1 Å². The van der Waals surface area contributed by atoms with Crippen molar-refractivity contribution >= 4 is 130 Å². The summed E-state index contributed by atoms with van der Waals surface area (Å²) in [7, 11) is 0. The van der Waals surface area contributed by atoms with Crippen LogP contribution in [-0.2, 0) is 101 Å². The highest BCUT2D eigenvalue weighted by molar-refractivity contribution is 6.05. The molecule has 0 saturated carbocycles. The molecule has 1 fully saturated rings. The monoisotopic (exact) mass is 1710 g/mol. The Bertz CT molecular complexity index is 4140. The summed E-state index contributed by atoms with van der Waals surface area (Å²) < 4.78 is 5.71. The maximum absolute atomic E-state index is 15.1. The number of ketones is 1. The van der Waals surface area contributed by atoms with Crippen LogP contribution in [0.25, 0.3) is 0 Å². The van der Waals surface area contributed by atoms with Gasteiger partial charge in [0.2, 0.25) is 82.7 Å². The van der Waals surface area contributed by atoms with Crippen molar-refractivity contribution < 1.29 is 131 Å². The number of carbonyl (C=O) groups excluding carboxylic acids is 16. The van der Waals surface area contributed by atoms with Crippen LogP contribution in [-0.4, -0.2) is 254 Å². The largest absolute Gasteiger partial charge is 0.481 e. The number of aliphatic carboxylic acids is 4. The number of nitrogen functional groups attached to an aromatic ring is 1. The molecule has 2 aromatic rings. The number of aliphatic hydroxyl groups is 2. The number of hydrogen-bond acceptors (Lipinski definition) is 26. The molecule has 2 aliphatic rings. The number of fused-ring (bicyclic) bond motifs is 1. The van der Waals surface area contributed by atoms with Gasteiger partial charge < -0.3 is 127 Å². The van der Waals surface area contributed by atoms with Gasteiger partial charge in [0, 0.05) is 29.8 Å². The Morgan fingerprint density at radius 1 is 0.587 bits per heavy atom. The molecule has 0 bridgehead atoms. The molecule has 121 heavy (non-hydrogen) atoms. The minimum Gasteiger partial charge on any atom is -0.481 e. The number of para-hydroxylation sites is 2. The standard InChI is InChI=1S/C77H111N17O27/c1-8-10-11-12-13-14-15-26-55(98)85-51(34-77(76(6,7)9-2)42-22-17-19-24-44(42)92-75(77)120)70(115)88-46(30-54(80)97)68(113)90-49(33-61(107)108)69(114)94-63-40(5)121-74(119)50(29-53(96)41-21-16-18-23-43(41)79)91-73(118)62(38(3)28-58(101)102)93-71(116)52(37-95)86-57(100)35-81-65(110)47(31-59(103)104)87-64(109)39(4)83-67(112)48(32-60(105)106)89-66(111)45(25-20-27-78)84-56(99)36-82-72(63)117/h9,16-19,21-24,38-40,45-52,62-63,75,92,95,120H,2,8,10-15,20,25-37,78-79H2,1,3-7H3,(H2,80,97)(H,81,110)(H,82,117)(H,83,112)(H,84,99)(H,85,98)(H,86,100)(H,87,109)(H,88,115)(H,89,111)(H,90,113)(H,91,118)(H,93,116)(H,94,114)(H,101,102)(H,103,104)(H,105,106)(H,107,108)/t38-,39-,40-,45+,46-,47+,48+,49+,50+,51+,52-,62+,63+,75?,77?/m1/s1. The first-order valence-electron chi connectivity index (χ1n) is 39.0. The number of rotatable bonds is 37. The number of hydrogen-bond donors (Lipinski definition) is 23. The molecule has 2 aliphatic heterocycles. The fourth-order valence-corrected chi connectivity index (χ4v) is 13.3. The number of nitrogens with two attached hydrogens (primary N) is 3. The highest BCUT2D eigenvalue weighted by atomic mass is 16.5. The Labute approximate surface area is 694 Å². The van der Waals surface area contributed by atoms with Gasteiger partial charge in [-0.05, 0) is 81.2 Å². The van der Waals surface area contributed by atoms with Gasteiger partial charge in [0.05, 0.1) is 57.2 Å². The summed E-state index contributed by atoms with van der Waals surface area (Å²) in [4.78, 5) is 276. The summed E-state index contributed by atoms with van der Waals surface area (Å²) in [5.41, 5.74) is 15.3. The van der Waals surface area contributed by atoms with Crippen LogP contribution in [0.5, 0.6) is 0 Å². The van der Waals surface area contributed by atoms with Gasteiger partial charge in [0.25, 0.3) is 0 Å². The third kappa shape index (κ3) is 31.2. The zero-order valence-corrected chi connectivity index (χ0v) is 67.8. The Kier molecular flexibility index (Phi) is 40.2. The van der Waals surface area contributed by atoms with E-state index in [1.807, 2.05) is 16.0 Å². The summed E-state index contributed by atoms with van der Waals surface area (Å²) >= 11 is 0. The van der Waals surface area contributed by atoms with Crippen LogP contribution in [0.4, 0.5) is 11.4 Å². The smallest absolute Gasteiger partial charge is 0.329 e. The molecular weight excluding hydrogens is 1590 g/mol. The maximum atomic E-state index is 15.1. The van der Waals surface area contributed by atoms with Gasteiger partial charge in [-0.1, -0.05) is 103 Å². The van der Waals surface area contributed by atoms with Crippen molar-refractivity contribution in [2.45, 2.75) is 235 Å². The van der Waals surface area contributed by atoms with Gasteiger partial charge in [0.1, 0.15) is 78.8 Å². The van der Waals surface area contributed by atoms with Gasteiger partial charge in [-0.15, -0.1) is 6.58 Å². The molecular formula is C77H111N17O27. The number of amides is 14. The number of carbonyl (C=O) groups is 20. The summed E-state index contributed by atoms with van der Waals surface area (Å²) in [5.74, 6) is -30.2. The third-order valence-corrected chi connectivity index (χ3v) is 20.1. The fraction of sp³-hybridized carbons (Fsp3) is 0.558. The number of ether oxygens (including phenoxy) is 1. The molecule has 0 spiro atoms. The van der Waals surface area contributed by atoms with Crippen LogP contribution in [0.15, 0.2) is 61.2 Å². The lowest BCUT2D eigenvalue weighted by molar-refractivity contribution is -0.156. The number of nitrogens with one attached hydrogen (secondary N) is 14. The molecule has 1 saturated heterocycles. The van der Waals surface area contributed by atoms with E-state index in [2.05, 4.69) is 72.0 Å². The molecule has 2 aromatic carbocycles. The Balaban J connectivity index is 1.92. The Morgan fingerprint density at radius 3 is 1.69 bits per heavy atom. The molecule has 666 valence electrons. The van der Waals surface area contributed by atoms with Crippen LogP contribution in [0.3, 0.4) is 0 Å².